The molecule has 0 atom stereocenters. The SMILES string of the molecule is O=C(Cc1cccc(Cl)c1)NC1(CCl)CCOCC1. The quantitative estimate of drug-likeness (QED) is 0.869. The lowest BCUT2D eigenvalue weighted by molar-refractivity contribution is -0.123. The van der Waals surface area contributed by atoms with Crippen LogP contribution >= 0.6 is 23.2 Å². The van der Waals surface area contributed by atoms with Crippen molar-refractivity contribution in [1.29, 1.82) is 0 Å². The fraction of sp³-hybridized carbons (Fsp3) is 0.500. The number of benzene rings is 1. The Morgan fingerprint density at radius 1 is 1.37 bits per heavy atom. The van der Waals surface area contributed by atoms with E-state index in [1.807, 2.05) is 12.1 Å². The summed E-state index contributed by atoms with van der Waals surface area (Å²) in [4.78, 5) is 12.1. The van der Waals surface area contributed by atoms with Crippen molar-refractivity contribution in [3.63, 3.8) is 0 Å². The van der Waals surface area contributed by atoms with Gasteiger partial charge in [-0.15, -0.1) is 11.6 Å². The van der Waals surface area contributed by atoms with E-state index >= 15 is 0 Å². The van der Waals surface area contributed by atoms with Gasteiger partial charge in [0, 0.05) is 24.1 Å². The molecular weight excluding hydrogens is 285 g/mol. The van der Waals surface area contributed by atoms with Crippen molar-refractivity contribution in [3.8, 4) is 0 Å². The van der Waals surface area contributed by atoms with E-state index in [-0.39, 0.29) is 11.4 Å². The van der Waals surface area contributed by atoms with E-state index in [1.54, 1.807) is 12.1 Å². The molecule has 3 nitrogen and oxygen atoms in total. The Bertz CT molecular complexity index is 445. The van der Waals surface area contributed by atoms with Crippen LogP contribution in [0.4, 0.5) is 0 Å². The zero-order valence-electron chi connectivity index (χ0n) is 10.6. The molecule has 1 saturated heterocycles. The van der Waals surface area contributed by atoms with E-state index in [2.05, 4.69) is 5.32 Å². The highest BCUT2D eigenvalue weighted by Crippen LogP contribution is 2.22. The predicted octanol–water partition coefficient (Wildman–Crippen LogP) is 2.79. The van der Waals surface area contributed by atoms with E-state index in [4.69, 9.17) is 27.9 Å². The average molecular weight is 302 g/mol. The van der Waals surface area contributed by atoms with Crippen LogP contribution < -0.4 is 5.32 Å². The van der Waals surface area contributed by atoms with Gasteiger partial charge in [-0.2, -0.15) is 0 Å². The lowest BCUT2D eigenvalue weighted by Gasteiger charge is -2.36. The molecule has 1 aromatic rings. The molecule has 0 spiro atoms. The summed E-state index contributed by atoms with van der Waals surface area (Å²) >= 11 is 11.9. The fourth-order valence-corrected chi connectivity index (χ4v) is 2.77. The molecule has 1 aliphatic rings. The first-order valence-electron chi connectivity index (χ1n) is 6.33. The summed E-state index contributed by atoms with van der Waals surface area (Å²) in [5, 5.41) is 3.70. The molecule has 1 aromatic carbocycles. The smallest absolute Gasteiger partial charge is 0.224 e. The molecule has 0 aliphatic carbocycles. The highest BCUT2D eigenvalue weighted by Gasteiger charge is 2.33. The average Bonchev–Trinajstić information content (AvgIpc) is 2.39. The number of hydrogen-bond acceptors (Lipinski definition) is 2. The minimum Gasteiger partial charge on any atom is -0.381 e. The van der Waals surface area contributed by atoms with E-state index in [0.29, 0.717) is 30.5 Å². The van der Waals surface area contributed by atoms with Crippen LogP contribution in [0.5, 0.6) is 0 Å². The molecule has 0 radical (unpaired) electrons. The molecular formula is C14H17Cl2NO2. The lowest BCUT2D eigenvalue weighted by Crippen LogP contribution is -2.53. The highest BCUT2D eigenvalue weighted by atomic mass is 35.5. The number of ether oxygens (including phenoxy) is 1. The maximum absolute atomic E-state index is 12.1. The molecule has 0 saturated carbocycles. The van der Waals surface area contributed by atoms with Gasteiger partial charge in [0.1, 0.15) is 0 Å². The van der Waals surface area contributed by atoms with E-state index in [0.717, 1.165) is 18.4 Å². The van der Waals surface area contributed by atoms with Crippen LogP contribution in [0.1, 0.15) is 18.4 Å². The number of alkyl halides is 1. The Hall–Kier alpha value is -0.770. The molecule has 0 bridgehead atoms. The van der Waals surface area contributed by atoms with Crippen molar-refractivity contribution in [1.82, 2.24) is 5.32 Å². The fourth-order valence-electron chi connectivity index (χ4n) is 2.23. The summed E-state index contributed by atoms with van der Waals surface area (Å²) < 4.78 is 5.31. The summed E-state index contributed by atoms with van der Waals surface area (Å²) in [7, 11) is 0. The Balaban J connectivity index is 1.96. The molecule has 1 aliphatic heterocycles. The van der Waals surface area contributed by atoms with Crippen molar-refractivity contribution in [2.24, 2.45) is 0 Å². The standard InChI is InChI=1S/C14H17Cl2NO2/c15-10-14(4-6-19-7-5-14)17-13(18)9-11-2-1-3-12(16)8-11/h1-3,8H,4-7,9-10H2,(H,17,18). The van der Waals surface area contributed by atoms with Gasteiger partial charge in [0.25, 0.3) is 0 Å². The molecule has 0 unspecified atom stereocenters. The number of carbonyl (C=O) groups is 1. The van der Waals surface area contributed by atoms with Gasteiger partial charge in [0.15, 0.2) is 0 Å². The maximum atomic E-state index is 12.1. The lowest BCUT2D eigenvalue weighted by atomic mass is 9.92. The Labute approximate surface area is 123 Å². The molecule has 104 valence electrons. The van der Waals surface area contributed by atoms with Gasteiger partial charge >= 0.3 is 0 Å². The van der Waals surface area contributed by atoms with E-state index in [1.165, 1.54) is 0 Å². The van der Waals surface area contributed by atoms with Crippen molar-refractivity contribution < 1.29 is 9.53 Å². The summed E-state index contributed by atoms with van der Waals surface area (Å²) in [6.07, 6.45) is 1.84. The second-order valence-electron chi connectivity index (χ2n) is 4.88. The number of carbonyl (C=O) groups excluding carboxylic acids is 1. The van der Waals surface area contributed by atoms with Gasteiger partial charge in [-0.25, -0.2) is 0 Å². The molecule has 1 fully saturated rings. The van der Waals surface area contributed by atoms with Crippen molar-refractivity contribution in [2.45, 2.75) is 24.8 Å². The maximum Gasteiger partial charge on any atom is 0.224 e. The number of hydrogen-bond donors (Lipinski definition) is 1. The topological polar surface area (TPSA) is 38.3 Å². The number of rotatable bonds is 4. The van der Waals surface area contributed by atoms with E-state index < -0.39 is 0 Å². The molecule has 1 amide bonds. The third kappa shape index (κ3) is 4.10. The van der Waals surface area contributed by atoms with Crippen LogP contribution in [0.3, 0.4) is 0 Å². The van der Waals surface area contributed by atoms with Crippen LogP contribution in [0.15, 0.2) is 24.3 Å². The van der Waals surface area contributed by atoms with Crippen LogP contribution in [0.2, 0.25) is 5.02 Å². The summed E-state index contributed by atoms with van der Waals surface area (Å²) in [5.74, 6) is 0.391. The van der Waals surface area contributed by atoms with Gasteiger partial charge in [0.05, 0.1) is 12.0 Å². The monoisotopic (exact) mass is 301 g/mol. The van der Waals surface area contributed by atoms with Crippen molar-refractivity contribution in [2.75, 3.05) is 19.1 Å². The zero-order valence-corrected chi connectivity index (χ0v) is 12.1. The second-order valence-corrected chi connectivity index (χ2v) is 5.58. The largest absolute Gasteiger partial charge is 0.381 e. The Morgan fingerprint density at radius 3 is 2.74 bits per heavy atom. The van der Waals surface area contributed by atoms with Gasteiger partial charge in [0.2, 0.25) is 5.91 Å². The van der Waals surface area contributed by atoms with E-state index in [9.17, 15) is 4.79 Å². The molecule has 1 heterocycles. The predicted molar refractivity (Wildman–Crippen MR) is 76.8 cm³/mol. The van der Waals surface area contributed by atoms with Crippen LogP contribution in [-0.4, -0.2) is 30.5 Å². The minimum atomic E-state index is -0.324. The highest BCUT2D eigenvalue weighted by molar-refractivity contribution is 6.30. The number of amides is 1. The first kappa shape index (κ1) is 14.6. The molecule has 0 aromatic heterocycles. The third-order valence-electron chi connectivity index (χ3n) is 3.36. The Morgan fingerprint density at radius 2 is 2.11 bits per heavy atom. The molecule has 19 heavy (non-hydrogen) atoms. The number of halogens is 2. The third-order valence-corrected chi connectivity index (χ3v) is 4.11. The summed E-state index contributed by atoms with van der Waals surface area (Å²) in [5.41, 5.74) is 0.580. The normalized spacial score (nSPS) is 18.0. The molecule has 5 heteroatoms. The molecule has 2 rings (SSSR count). The van der Waals surface area contributed by atoms with Gasteiger partial charge in [-0.05, 0) is 30.5 Å². The molecule has 1 N–H and O–H groups in total. The minimum absolute atomic E-state index is 0.0233. The zero-order chi connectivity index (χ0) is 13.7. The number of nitrogens with one attached hydrogen (secondary N) is 1. The van der Waals surface area contributed by atoms with Gasteiger partial charge in [-0.1, -0.05) is 23.7 Å². The second kappa shape index (κ2) is 6.60. The van der Waals surface area contributed by atoms with Crippen LogP contribution in [-0.2, 0) is 16.0 Å². The van der Waals surface area contributed by atoms with Crippen molar-refractivity contribution in [3.05, 3.63) is 34.9 Å². The van der Waals surface area contributed by atoms with Crippen LogP contribution in [0, 0.1) is 0 Å². The van der Waals surface area contributed by atoms with Crippen LogP contribution in [0.25, 0.3) is 0 Å². The van der Waals surface area contributed by atoms with Gasteiger partial charge < -0.3 is 10.1 Å². The van der Waals surface area contributed by atoms with Crippen molar-refractivity contribution >= 4 is 29.1 Å². The summed E-state index contributed by atoms with van der Waals surface area (Å²) in [6.45, 7) is 1.29. The summed E-state index contributed by atoms with van der Waals surface area (Å²) in [6, 6.07) is 7.33. The first-order valence-corrected chi connectivity index (χ1v) is 7.24. The van der Waals surface area contributed by atoms with Gasteiger partial charge in [-0.3, -0.25) is 4.79 Å². The Kier molecular flexibility index (Phi) is 5.08. The first-order chi connectivity index (χ1) is 9.13.